The number of nitrogens with zero attached hydrogens (tertiary/aromatic N) is 2. The highest BCUT2D eigenvalue weighted by molar-refractivity contribution is 7.90. The highest BCUT2D eigenvalue weighted by Gasteiger charge is 2.52. The van der Waals surface area contributed by atoms with E-state index in [4.69, 9.17) is 5.14 Å². The second-order valence-electron chi connectivity index (χ2n) is 7.32. The molecule has 0 fully saturated rings. The van der Waals surface area contributed by atoms with E-state index in [2.05, 4.69) is 9.88 Å². The number of fused-ring (bicyclic) bond motifs is 2. The van der Waals surface area contributed by atoms with Crippen molar-refractivity contribution in [1.29, 1.82) is 0 Å². The fourth-order valence-electron chi connectivity index (χ4n) is 4.37. The molecule has 4 rings (SSSR count). The molecule has 2 heterocycles. The molecule has 27 heavy (non-hydrogen) atoms. The maximum absolute atomic E-state index is 13.3. The van der Waals surface area contributed by atoms with Crippen molar-refractivity contribution < 1.29 is 13.5 Å². The summed E-state index contributed by atoms with van der Waals surface area (Å²) in [5.74, 6) is 0.119. The van der Waals surface area contributed by atoms with Crippen LogP contribution < -0.4 is 5.14 Å². The largest absolute Gasteiger partial charge is 0.508 e. The van der Waals surface area contributed by atoms with Gasteiger partial charge in [-0.1, -0.05) is 18.2 Å². The minimum atomic E-state index is -4.10. The van der Waals surface area contributed by atoms with E-state index in [0.29, 0.717) is 37.1 Å². The molecular weight excluding hydrogens is 362 g/mol. The number of aromatic hydroxyl groups is 1. The number of sulfonamides is 1. The van der Waals surface area contributed by atoms with E-state index in [1.165, 1.54) is 6.07 Å². The fourth-order valence-corrected chi connectivity index (χ4v) is 5.88. The number of rotatable bonds is 2. The van der Waals surface area contributed by atoms with Gasteiger partial charge >= 0.3 is 0 Å². The first-order chi connectivity index (χ1) is 12.8. The number of hydrogen-bond donors (Lipinski definition) is 2. The first-order valence-corrected chi connectivity index (χ1v) is 10.6. The standard InChI is InChI=1S/C20H23N3O3S/c1-23-11-8-16(9-12-23)20(27(21,25)26)18-7-6-17(24)13-15(18)5-4-14-3-2-10-22-19(14)20/h2-3,6-8,10,13,24H,4-5,9,11-12H2,1H3,(H2,21,25,26). The molecule has 2 aromatic rings. The van der Waals surface area contributed by atoms with Crippen molar-refractivity contribution in [2.75, 3.05) is 20.1 Å². The molecule has 1 atom stereocenters. The summed E-state index contributed by atoms with van der Waals surface area (Å²) >= 11 is 0. The Labute approximate surface area is 159 Å². The van der Waals surface area contributed by atoms with Crippen molar-refractivity contribution in [2.24, 2.45) is 5.14 Å². The molecule has 0 radical (unpaired) electrons. The number of hydrogen-bond acceptors (Lipinski definition) is 5. The minimum Gasteiger partial charge on any atom is -0.508 e. The lowest BCUT2D eigenvalue weighted by Crippen LogP contribution is -2.47. The summed E-state index contributed by atoms with van der Waals surface area (Å²) < 4.78 is 25.0. The monoisotopic (exact) mass is 385 g/mol. The molecular formula is C20H23N3O3S. The minimum absolute atomic E-state index is 0.119. The third-order valence-corrected chi connectivity index (χ3v) is 7.18. The zero-order chi connectivity index (χ0) is 19.2. The predicted octanol–water partition coefficient (Wildman–Crippen LogP) is 1.68. The molecule has 0 spiro atoms. The van der Waals surface area contributed by atoms with Crippen LogP contribution in [-0.4, -0.2) is 43.5 Å². The van der Waals surface area contributed by atoms with E-state index in [9.17, 15) is 13.5 Å². The highest BCUT2D eigenvalue weighted by atomic mass is 32.2. The lowest BCUT2D eigenvalue weighted by Gasteiger charge is -2.38. The second kappa shape index (κ2) is 6.44. The Morgan fingerprint density at radius 3 is 2.67 bits per heavy atom. The van der Waals surface area contributed by atoms with Crippen molar-refractivity contribution in [3.05, 3.63) is 70.6 Å². The number of benzene rings is 1. The number of primary sulfonamides is 1. The second-order valence-corrected chi connectivity index (χ2v) is 9.02. The molecule has 1 aromatic carbocycles. The van der Waals surface area contributed by atoms with Crippen LogP contribution >= 0.6 is 0 Å². The van der Waals surface area contributed by atoms with Gasteiger partial charge in [0.1, 0.15) is 5.75 Å². The van der Waals surface area contributed by atoms with Crippen LogP contribution in [0.1, 0.15) is 28.8 Å². The van der Waals surface area contributed by atoms with Crippen LogP contribution in [0.3, 0.4) is 0 Å². The molecule has 2 aliphatic rings. The van der Waals surface area contributed by atoms with Crippen molar-refractivity contribution in [2.45, 2.75) is 24.0 Å². The van der Waals surface area contributed by atoms with Gasteiger partial charge in [-0.25, -0.2) is 13.6 Å². The Hall–Kier alpha value is -2.22. The summed E-state index contributed by atoms with van der Waals surface area (Å²) in [6.07, 6.45) is 5.44. The molecule has 1 unspecified atom stereocenters. The number of aryl methyl sites for hydroxylation is 2. The lowest BCUT2D eigenvalue weighted by molar-refractivity contribution is 0.352. The number of likely N-dealkylation sites (N-methyl/N-ethyl adjacent to an activating group) is 1. The van der Waals surface area contributed by atoms with Gasteiger partial charge in [0, 0.05) is 19.3 Å². The molecule has 0 bridgehead atoms. The van der Waals surface area contributed by atoms with Crippen LogP contribution in [0.4, 0.5) is 0 Å². The van der Waals surface area contributed by atoms with Crippen LogP contribution in [0, 0.1) is 0 Å². The third-order valence-electron chi connectivity index (χ3n) is 5.65. The molecule has 0 amide bonds. The maximum Gasteiger partial charge on any atom is 0.228 e. The third kappa shape index (κ3) is 2.77. The predicted molar refractivity (Wildman–Crippen MR) is 104 cm³/mol. The van der Waals surface area contributed by atoms with E-state index in [-0.39, 0.29) is 5.75 Å². The molecule has 3 N–H and O–H groups in total. The molecule has 1 aliphatic carbocycles. The summed E-state index contributed by atoms with van der Waals surface area (Å²) in [4.78, 5) is 6.67. The number of nitrogens with two attached hydrogens (primary N) is 1. The summed E-state index contributed by atoms with van der Waals surface area (Å²) in [7, 11) is -2.10. The van der Waals surface area contributed by atoms with Crippen molar-refractivity contribution in [3.8, 4) is 5.75 Å². The quantitative estimate of drug-likeness (QED) is 0.767. The maximum atomic E-state index is 13.3. The summed E-state index contributed by atoms with van der Waals surface area (Å²) in [6, 6.07) is 8.61. The van der Waals surface area contributed by atoms with Crippen LogP contribution in [0.25, 0.3) is 0 Å². The fraction of sp³-hybridized carbons (Fsp3) is 0.350. The molecule has 7 heteroatoms. The van der Waals surface area contributed by atoms with Crippen molar-refractivity contribution in [3.63, 3.8) is 0 Å². The molecule has 0 saturated carbocycles. The van der Waals surface area contributed by atoms with Gasteiger partial charge in [0.15, 0.2) is 4.75 Å². The average molecular weight is 385 g/mol. The molecule has 6 nitrogen and oxygen atoms in total. The van der Waals surface area contributed by atoms with E-state index in [0.717, 1.165) is 23.2 Å². The van der Waals surface area contributed by atoms with Gasteiger partial charge in [0.2, 0.25) is 10.0 Å². The van der Waals surface area contributed by atoms with E-state index in [1.807, 2.05) is 25.3 Å². The number of phenolic OH excluding ortho intramolecular Hbond substituents is 1. The lowest BCUT2D eigenvalue weighted by atomic mass is 9.81. The molecule has 0 saturated heterocycles. The van der Waals surface area contributed by atoms with Gasteiger partial charge in [0.05, 0.1) is 5.69 Å². The van der Waals surface area contributed by atoms with E-state index in [1.54, 1.807) is 18.3 Å². The van der Waals surface area contributed by atoms with Gasteiger partial charge < -0.3 is 10.0 Å². The number of pyridine rings is 1. The van der Waals surface area contributed by atoms with Gasteiger partial charge in [-0.2, -0.15) is 0 Å². The van der Waals surface area contributed by atoms with Gasteiger partial charge in [0.25, 0.3) is 0 Å². The van der Waals surface area contributed by atoms with E-state index < -0.39 is 14.8 Å². The summed E-state index contributed by atoms with van der Waals surface area (Å²) in [5.41, 5.74) is 3.53. The normalized spacial score (nSPS) is 23.1. The smallest absolute Gasteiger partial charge is 0.228 e. The van der Waals surface area contributed by atoms with Crippen LogP contribution in [0.5, 0.6) is 5.75 Å². The summed E-state index contributed by atoms with van der Waals surface area (Å²) in [5, 5.41) is 16.0. The van der Waals surface area contributed by atoms with Gasteiger partial charge in [-0.3, -0.25) is 4.98 Å². The van der Waals surface area contributed by atoms with Gasteiger partial charge in [-0.15, -0.1) is 0 Å². The van der Waals surface area contributed by atoms with Crippen LogP contribution in [0.15, 0.2) is 48.2 Å². The molecule has 1 aromatic heterocycles. The Morgan fingerprint density at radius 1 is 1.19 bits per heavy atom. The number of phenols is 1. The zero-order valence-electron chi connectivity index (χ0n) is 15.2. The topological polar surface area (TPSA) is 96.5 Å². The van der Waals surface area contributed by atoms with Crippen molar-refractivity contribution >= 4 is 10.0 Å². The average Bonchev–Trinajstić information content (AvgIpc) is 2.77. The van der Waals surface area contributed by atoms with Crippen LogP contribution in [0.2, 0.25) is 0 Å². The van der Waals surface area contributed by atoms with E-state index >= 15 is 0 Å². The SMILES string of the molecule is CN1CC=C(C2(S(N)(=O)=O)c3ccc(O)cc3CCc3cccnc32)CC1. The Morgan fingerprint density at radius 2 is 1.96 bits per heavy atom. The first kappa shape index (κ1) is 18.2. The van der Waals surface area contributed by atoms with Gasteiger partial charge in [-0.05, 0) is 66.8 Å². The van der Waals surface area contributed by atoms with Crippen molar-refractivity contribution in [1.82, 2.24) is 9.88 Å². The molecule has 142 valence electrons. The summed E-state index contributed by atoms with van der Waals surface area (Å²) in [6.45, 7) is 1.40. The van der Waals surface area contributed by atoms with Crippen LogP contribution in [-0.2, 0) is 27.6 Å². The Bertz CT molecular complexity index is 1030. The highest BCUT2D eigenvalue weighted by Crippen LogP contribution is 2.48. The Balaban J connectivity index is 2.14. The Kier molecular flexibility index (Phi) is 4.33. The molecule has 1 aliphatic heterocycles. The number of aromatic nitrogens is 1. The zero-order valence-corrected chi connectivity index (χ0v) is 16.0. The first-order valence-electron chi connectivity index (χ1n) is 9.01.